The summed E-state index contributed by atoms with van der Waals surface area (Å²) in [6.07, 6.45) is 1.89. The molecule has 1 N–H and O–H groups in total. The Bertz CT molecular complexity index is 1260. The standard InChI is InChI=1S/C22H18N4O3S/c1-14-8-9-25-18(11-14)23-21(17-7-4-10-30-17)22(25)24-19(27)12-26-15-5-2-3-6-16(15)29-13-20(26)28/h2-11H,12-13H2,1H3,(H,24,27). The predicted molar refractivity (Wildman–Crippen MR) is 116 cm³/mol. The number of anilines is 2. The van der Waals surface area contributed by atoms with Crippen molar-refractivity contribution in [3.05, 3.63) is 65.7 Å². The van der Waals surface area contributed by atoms with E-state index in [1.54, 1.807) is 23.5 Å². The number of fused-ring (bicyclic) bond motifs is 2. The first kappa shape index (κ1) is 18.4. The van der Waals surface area contributed by atoms with E-state index in [-0.39, 0.29) is 25.0 Å². The van der Waals surface area contributed by atoms with Crippen molar-refractivity contribution in [1.29, 1.82) is 0 Å². The molecule has 4 heterocycles. The number of carbonyl (C=O) groups is 2. The average Bonchev–Trinajstić information content (AvgIpc) is 3.38. The molecule has 7 nitrogen and oxygen atoms in total. The molecule has 0 atom stereocenters. The average molecular weight is 418 g/mol. The first-order valence-electron chi connectivity index (χ1n) is 9.45. The van der Waals surface area contributed by atoms with E-state index < -0.39 is 0 Å². The SMILES string of the molecule is Cc1ccn2c(NC(=O)CN3C(=O)COc4ccccc43)c(-c3cccs3)nc2c1. The molecule has 2 amide bonds. The van der Waals surface area contributed by atoms with Crippen molar-refractivity contribution in [1.82, 2.24) is 9.38 Å². The number of nitrogens with one attached hydrogen (secondary N) is 1. The zero-order chi connectivity index (χ0) is 20.7. The minimum Gasteiger partial charge on any atom is -0.482 e. The zero-order valence-electron chi connectivity index (χ0n) is 16.2. The van der Waals surface area contributed by atoms with Gasteiger partial charge in [0.15, 0.2) is 6.61 Å². The lowest BCUT2D eigenvalue weighted by atomic mass is 10.2. The van der Waals surface area contributed by atoms with Gasteiger partial charge >= 0.3 is 0 Å². The molecule has 0 unspecified atom stereocenters. The summed E-state index contributed by atoms with van der Waals surface area (Å²) in [7, 11) is 0. The Morgan fingerprint density at radius 1 is 1.23 bits per heavy atom. The van der Waals surface area contributed by atoms with E-state index in [1.165, 1.54) is 4.90 Å². The number of imidazole rings is 1. The lowest BCUT2D eigenvalue weighted by Gasteiger charge is -2.28. The van der Waals surface area contributed by atoms with Crippen molar-refractivity contribution in [3.63, 3.8) is 0 Å². The minimum absolute atomic E-state index is 0.0837. The normalized spacial score (nSPS) is 13.2. The Hall–Kier alpha value is -3.65. The Kier molecular flexibility index (Phi) is 4.48. The lowest BCUT2D eigenvalue weighted by Crippen LogP contribution is -2.43. The summed E-state index contributed by atoms with van der Waals surface area (Å²) in [5, 5.41) is 4.95. The predicted octanol–water partition coefficient (Wildman–Crippen LogP) is 3.74. The first-order valence-corrected chi connectivity index (χ1v) is 10.3. The van der Waals surface area contributed by atoms with Crippen LogP contribution in [-0.4, -0.2) is 34.4 Å². The van der Waals surface area contributed by atoms with Crippen molar-refractivity contribution in [2.24, 2.45) is 0 Å². The van der Waals surface area contributed by atoms with Gasteiger partial charge < -0.3 is 10.1 Å². The molecular formula is C22H18N4O3S. The van der Waals surface area contributed by atoms with Crippen LogP contribution in [0.5, 0.6) is 5.75 Å². The fourth-order valence-electron chi connectivity index (χ4n) is 3.49. The number of hydrogen-bond acceptors (Lipinski definition) is 5. The van der Waals surface area contributed by atoms with Crippen LogP contribution in [-0.2, 0) is 9.59 Å². The van der Waals surface area contributed by atoms with E-state index in [4.69, 9.17) is 9.72 Å². The van der Waals surface area contributed by atoms with Crippen molar-refractivity contribution < 1.29 is 14.3 Å². The van der Waals surface area contributed by atoms with Crippen molar-refractivity contribution in [2.45, 2.75) is 6.92 Å². The number of ether oxygens (including phenoxy) is 1. The van der Waals surface area contributed by atoms with Gasteiger partial charge in [0.2, 0.25) is 5.91 Å². The minimum atomic E-state index is -0.305. The number of hydrogen-bond donors (Lipinski definition) is 1. The molecule has 0 radical (unpaired) electrons. The largest absolute Gasteiger partial charge is 0.482 e. The summed E-state index contributed by atoms with van der Waals surface area (Å²) in [4.78, 5) is 32.5. The second-order valence-electron chi connectivity index (χ2n) is 7.00. The number of rotatable bonds is 4. The maximum atomic E-state index is 13.0. The quantitative estimate of drug-likeness (QED) is 0.548. The topological polar surface area (TPSA) is 75.9 Å². The molecule has 1 aliphatic rings. The summed E-state index contributed by atoms with van der Waals surface area (Å²) in [6.45, 7) is 1.81. The van der Waals surface area contributed by atoms with Crippen LogP contribution in [0.15, 0.2) is 60.1 Å². The van der Waals surface area contributed by atoms with Crippen LogP contribution < -0.4 is 15.0 Å². The molecule has 5 rings (SSSR count). The summed E-state index contributed by atoms with van der Waals surface area (Å²) in [6, 6.07) is 15.1. The Balaban J connectivity index is 1.48. The van der Waals surface area contributed by atoms with E-state index in [1.807, 2.05) is 59.3 Å². The van der Waals surface area contributed by atoms with Crippen LogP contribution in [0.2, 0.25) is 0 Å². The Morgan fingerprint density at radius 2 is 2.10 bits per heavy atom. The molecule has 30 heavy (non-hydrogen) atoms. The van der Waals surface area contributed by atoms with Crippen LogP contribution in [0, 0.1) is 6.92 Å². The highest BCUT2D eigenvalue weighted by Gasteiger charge is 2.28. The fraction of sp³-hybridized carbons (Fsp3) is 0.136. The van der Waals surface area contributed by atoms with Crippen LogP contribution in [0.4, 0.5) is 11.5 Å². The third-order valence-electron chi connectivity index (χ3n) is 4.90. The number of amides is 2. The monoisotopic (exact) mass is 418 g/mol. The van der Waals surface area contributed by atoms with Gasteiger partial charge in [-0.15, -0.1) is 11.3 Å². The molecule has 1 aliphatic heterocycles. The molecule has 0 fully saturated rings. The summed E-state index contributed by atoms with van der Waals surface area (Å²) in [5.41, 5.74) is 3.13. The molecule has 0 saturated carbocycles. The third kappa shape index (κ3) is 3.21. The maximum absolute atomic E-state index is 13.0. The number of pyridine rings is 1. The highest BCUT2D eigenvalue weighted by molar-refractivity contribution is 7.13. The second-order valence-corrected chi connectivity index (χ2v) is 7.95. The molecule has 0 saturated heterocycles. The molecule has 150 valence electrons. The van der Waals surface area contributed by atoms with Crippen LogP contribution >= 0.6 is 11.3 Å². The van der Waals surface area contributed by atoms with E-state index >= 15 is 0 Å². The fourth-order valence-corrected chi connectivity index (χ4v) is 4.21. The number of thiophene rings is 1. The summed E-state index contributed by atoms with van der Waals surface area (Å²) in [5.74, 6) is 0.622. The van der Waals surface area contributed by atoms with Gasteiger partial charge in [0.25, 0.3) is 5.91 Å². The molecule has 0 aliphatic carbocycles. The number of para-hydroxylation sites is 2. The van der Waals surface area contributed by atoms with Gasteiger partial charge in [0.1, 0.15) is 29.5 Å². The van der Waals surface area contributed by atoms with Gasteiger partial charge in [-0.05, 0) is 48.2 Å². The molecule has 4 aromatic rings. The van der Waals surface area contributed by atoms with E-state index in [0.29, 0.717) is 22.9 Å². The van der Waals surface area contributed by atoms with Crippen LogP contribution in [0.3, 0.4) is 0 Å². The summed E-state index contributed by atoms with van der Waals surface area (Å²) < 4.78 is 7.31. The lowest BCUT2D eigenvalue weighted by molar-refractivity contribution is -0.123. The van der Waals surface area contributed by atoms with E-state index in [0.717, 1.165) is 16.1 Å². The zero-order valence-corrected chi connectivity index (χ0v) is 17.0. The van der Waals surface area contributed by atoms with Crippen molar-refractivity contribution in [2.75, 3.05) is 23.4 Å². The number of aromatic nitrogens is 2. The molecule has 0 spiro atoms. The molecule has 3 aromatic heterocycles. The van der Waals surface area contributed by atoms with Gasteiger partial charge in [0.05, 0.1) is 10.6 Å². The number of carbonyl (C=O) groups excluding carboxylic acids is 2. The van der Waals surface area contributed by atoms with E-state index in [2.05, 4.69) is 5.32 Å². The number of aryl methyl sites for hydroxylation is 1. The van der Waals surface area contributed by atoms with Crippen molar-refractivity contribution in [3.8, 4) is 16.3 Å². The van der Waals surface area contributed by atoms with Gasteiger partial charge in [0, 0.05) is 6.20 Å². The maximum Gasteiger partial charge on any atom is 0.265 e. The molecule has 8 heteroatoms. The van der Waals surface area contributed by atoms with Crippen LogP contribution in [0.1, 0.15) is 5.56 Å². The summed E-state index contributed by atoms with van der Waals surface area (Å²) >= 11 is 1.56. The van der Waals surface area contributed by atoms with Gasteiger partial charge in [-0.2, -0.15) is 0 Å². The van der Waals surface area contributed by atoms with Crippen molar-refractivity contribution >= 4 is 40.3 Å². The Morgan fingerprint density at radius 3 is 2.93 bits per heavy atom. The van der Waals surface area contributed by atoms with Crippen LogP contribution in [0.25, 0.3) is 16.2 Å². The number of benzene rings is 1. The third-order valence-corrected chi connectivity index (χ3v) is 5.78. The smallest absolute Gasteiger partial charge is 0.265 e. The molecule has 1 aromatic carbocycles. The van der Waals surface area contributed by atoms with Gasteiger partial charge in [-0.1, -0.05) is 18.2 Å². The van der Waals surface area contributed by atoms with E-state index in [9.17, 15) is 9.59 Å². The molecular weight excluding hydrogens is 400 g/mol. The highest BCUT2D eigenvalue weighted by atomic mass is 32.1. The number of nitrogens with zero attached hydrogens (tertiary/aromatic N) is 3. The highest BCUT2D eigenvalue weighted by Crippen LogP contribution is 2.33. The second kappa shape index (κ2) is 7.31. The Labute approximate surface area is 176 Å². The van der Waals surface area contributed by atoms with Gasteiger partial charge in [-0.25, -0.2) is 4.98 Å². The van der Waals surface area contributed by atoms with Gasteiger partial charge in [-0.3, -0.25) is 18.9 Å². The first-order chi connectivity index (χ1) is 14.6. The molecule has 0 bridgehead atoms.